The Balaban J connectivity index is 3.40. The molecule has 1 atom stereocenters. The summed E-state index contributed by atoms with van der Waals surface area (Å²) in [6, 6.07) is 0. The lowest BCUT2D eigenvalue weighted by atomic mass is 9.95. The molecule has 2 heteroatoms. The third-order valence-corrected chi connectivity index (χ3v) is 2.79. The van der Waals surface area contributed by atoms with E-state index in [2.05, 4.69) is 45.3 Å². The van der Waals surface area contributed by atoms with Crippen LogP contribution in [-0.2, 0) is 0 Å². The second kappa shape index (κ2) is 6.79. The smallest absolute Gasteiger partial charge is 0.00668 e. The molecule has 0 aliphatic rings. The van der Waals surface area contributed by atoms with Crippen molar-refractivity contribution in [2.24, 2.45) is 11.8 Å². The van der Waals surface area contributed by atoms with E-state index in [-0.39, 0.29) is 0 Å². The van der Waals surface area contributed by atoms with Crippen LogP contribution in [-0.4, -0.2) is 30.8 Å². The SMILES string of the molecule is CC(C)C(C)CCN(C)CCS. The summed E-state index contributed by atoms with van der Waals surface area (Å²) in [5.41, 5.74) is 0. The van der Waals surface area contributed by atoms with E-state index in [1.807, 2.05) is 0 Å². The molecule has 1 nitrogen and oxygen atoms in total. The molecule has 0 radical (unpaired) electrons. The van der Waals surface area contributed by atoms with Gasteiger partial charge in [-0.3, -0.25) is 0 Å². The molecule has 0 N–H and O–H groups in total. The second-order valence-corrected chi connectivity index (χ2v) is 4.48. The second-order valence-electron chi connectivity index (χ2n) is 4.04. The fourth-order valence-electron chi connectivity index (χ4n) is 1.04. The molecule has 0 aliphatic carbocycles. The molecular formula is C10H23NS. The fraction of sp³-hybridized carbons (Fsp3) is 1.00. The lowest BCUT2D eigenvalue weighted by molar-refractivity contribution is 0.291. The van der Waals surface area contributed by atoms with Crippen molar-refractivity contribution in [3.8, 4) is 0 Å². The van der Waals surface area contributed by atoms with Gasteiger partial charge in [-0.05, 0) is 31.8 Å². The van der Waals surface area contributed by atoms with Gasteiger partial charge in [-0.25, -0.2) is 0 Å². The van der Waals surface area contributed by atoms with Crippen molar-refractivity contribution >= 4 is 12.6 Å². The van der Waals surface area contributed by atoms with Crippen LogP contribution < -0.4 is 0 Å². The van der Waals surface area contributed by atoms with Crippen LogP contribution in [0.25, 0.3) is 0 Å². The number of hydrogen-bond donors (Lipinski definition) is 1. The Hall–Kier alpha value is 0.310. The van der Waals surface area contributed by atoms with Gasteiger partial charge in [0.25, 0.3) is 0 Å². The van der Waals surface area contributed by atoms with Gasteiger partial charge in [0.1, 0.15) is 0 Å². The van der Waals surface area contributed by atoms with Crippen molar-refractivity contribution in [2.45, 2.75) is 27.2 Å². The molecule has 0 heterocycles. The minimum Gasteiger partial charge on any atom is -0.306 e. The van der Waals surface area contributed by atoms with Crippen LogP contribution >= 0.6 is 12.6 Å². The molecule has 0 rings (SSSR count). The molecule has 0 spiro atoms. The van der Waals surface area contributed by atoms with Crippen LogP contribution in [0.2, 0.25) is 0 Å². The average molecular weight is 189 g/mol. The van der Waals surface area contributed by atoms with Gasteiger partial charge in [-0.15, -0.1) is 0 Å². The minimum atomic E-state index is 0.814. The molecule has 0 saturated heterocycles. The van der Waals surface area contributed by atoms with E-state index >= 15 is 0 Å². The molecule has 12 heavy (non-hydrogen) atoms. The first-order chi connectivity index (χ1) is 5.57. The maximum atomic E-state index is 4.20. The zero-order chi connectivity index (χ0) is 9.56. The van der Waals surface area contributed by atoms with Gasteiger partial charge in [-0.2, -0.15) is 12.6 Å². The van der Waals surface area contributed by atoms with Gasteiger partial charge in [0.2, 0.25) is 0 Å². The van der Waals surface area contributed by atoms with Gasteiger partial charge in [0, 0.05) is 12.3 Å². The number of thiol groups is 1. The predicted octanol–water partition coefficient (Wildman–Crippen LogP) is 2.53. The lowest BCUT2D eigenvalue weighted by Gasteiger charge is -2.20. The summed E-state index contributed by atoms with van der Waals surface area (Å²) >= 11 is 4.20. The molecule has 0 aromatic rings. The summed E-state index contributed by atoms with van der Waals surface area (Å²) in [6.07, 6.45) is 1.31. The Labute approximate surface area is 82.9 Å². The normalized spacial score (nSPS) is 14.2. The van der Waals surface area contributed by atoms with Gasteiger partial charge >= 0.3 is 0 Å². The van der Waals surface area contributed by atoms with Crippen molar-refractivity contribution in [1.82, 2.24) is 4.90 Å². The van der Waals surface area contributed by atoms with Gasteiger partial charge in [0.15, 0.2) is 0 Å². The highest BCUT2D eigenvalue weighted by Gasteiger charge is 2.07. The Morgan fingerprint density at radius 2 is 1.75 bits per heavy atom. The van der Waals surface area contributed by atoms with Crippen LogP contribution in [0.1, 0.15) is 27.2 Å². The molecule has 0 aromatic carbocycles. The summed E-state index contributed by atoms with van der Waals surface area (Å²) in [5.74, 6) is 2.62. The van der Waals surface area contributed by atoms with Crippen molar-refractivity contribution < 1.29 is 0 Å². The Kier molecular flexibility index (Phi) is 6.96. The average Bonchev–Trinajstić information content (AvgIpc) is 2.00. The Bertz CT molecular complexity index is 104. The van der Waals surface area contributed by atoms with Crippen LogP contribution in [0.4, 0.5) is 0 Å². The highest BCUT2D eigenvalue weighted by atomic mass is 32.1. The van der Waals surface area contributed by atoms with Crippen LogP contribution in [0.15, 0.2) is 0 Å². The van der Waals surface area contributed by atoms with E-state index in [1.54, 1.807) is 0 Å². The summed E-state index contributed by atoms with van der Waals surface area (Å²) in [4.78, 5) is 2.35. The minimum absolute atomic E-state index is 0.814. The first-order valence-electron chi connectivity index (χ1n) is 4.87. The van der Waals surface area contributed by atoms with E-state index in [9.17, 15) is 0 Å². The molecule has 0 aromatic heterocycles. The van der Waals surface area contributed by atoms with Gasteiger partial charge in [0.05, 0.1) is 0 Å². The van der Waals surface area contributed by atoms with Crippen LogP contribution in [0.5, 0.6) is 0 Å². The van der Waals surface area contributed by atoms with E-state index in [4.69, 9.17) is 0 Å². The summed E-state index contributed by atoms with van der Waals surface area (Å²) in [5, 5.41) is 0. The third-order valence-electron chi connectivity index (χ3n) is 2.59. The topological polar surface area (TPSA) is 3.24 Å². The first kappa shape index (κ1) is 12.3. The van der Waals surface area contributed by atoms with Crippen molar-refractivity contribution in [2.75, 3.05) is 25.9 Å². The molecule has 0 aliphatic heterocycles. The highest BCUT2D eigenvalue weighted by Crippen LogP contribution is 2.13. The fourth-order valence-corrected chi connectivity index (χ4v) is 1.38. The predicted molar refractivity (Wildman–Crippen MR) is 60.0 cm³/mol. The number of nitrogens with zero attached hydrogens (tertiary/aromatic N) is 1. The van der Waals surface area contributed by atoms with E-state index in [0.717, 1.165) is 24.1 Å². The molecule has 74 valence electrons. The molecular weight excluding hydrogens is 166 g/mol. The van der Waals surface area contributed by atoms with Gasteiger partial charge < -0.3 is 4.90 Å². The van der Waals surface area contributed by atoms with E-state index in [0.29, 0.717) is 0 Å². The van der Waals surface area contributed by atoms with Crippen LogP contribution in [0, 0.1) is 11.8 Å². The summed E-state index contributed by atoms with van der Waals surface area (Å²) < 4.78 is 0. The quantitative estimate of drug-likeness (QED) is 0.628. The highest BCUT2D eigenvalue weighted by molar-refractivity contribution is 7.80. The molecule has 0 saturated carbocycles. The zero-order valence-electron chi connectivity index (χ0n) is 8.88. The van der Waals surface area contributed by atoms with E-state index in [1.165, 1.54) is 13.0 Å². The summed E-state index contributed by atoms with van der Waals surface area (Å²) in [7, 11) is 2.17. The monoisotopic (exact) mass is 189 g/mol. The van der Waals surface area contributed by atoms with Crippen molar-refractivity contribution in [1.29, 1.82) is 0 Å². The lowest BCUT2D eigenvalue weighted by Crippen LogP contribution is -2.24. The largest absolute Gasteiger partial charge is 0.306 e. The first-order valence-corrected chi connectivity index (χ1v) is 5.50. The Morgan fingerprint density at radius 3 is 2.17 bits per heavy atom. The standard InChI is InChI=1S/C10H23NS/c1-9(2)10(3)5-6-11(4)7-8-12/h9-10,12H,5-8H2,1-4H3. The van der Waals surface area contributed by atoms with Crippen LogP contribution in [0.3, 0.4) is 0 Å². The summed E-state index contributed by atoms with van der Waals surface area (Å²) in [6.45, 7) is 9.24. The molecule has 1 unspecified atom stereocenters. The Morgan fingerprint density at radius 1 is 1.17 bits per heavy atom. The van der Waals surface area contributed by atoms with Crippen molar-refractivity contribution in [3.05, 3.63) is 0 Å². The molecule has 0 bridgehead atoms. The maximum Gasteiger partial charge on any atom is 0.00668 e. The van der Waals surface area contributed by atoms with E-state index < -0.39 is 0 Å². The third kappa shape index (κ3) is 5.90. The number of hydrogen-bond acceptors (Lipinski definition) is 2. The molecule has 0 fully saturated rings. The zero-order valence-corrected chi connectivity index (χ0v) is 9.77. The number of rotatable bonds is 6. The van der Waals surface area contributed by atoms with Gasteiger partial charge in [-0.1, -0.05) is 20.8 Å². The maximum absolute atomic E-state index is 4.20. The molecule has 0 amide bonds. The van der Waals surface area contributed by atoms with Crippen molar-refractivity contribution in [3.63, 3.8) is 0 Å².